The number of benzene rings is 1. The summed E-state index contributed by atoms with van der Waals surface area (Å²) in [5.41, 5.74) is 0.996. The van der Waals surface area contributed by atoms with Gasteiger partial charge in [-0.05, 0) is 37.1 Å². The van der Waals surface area contributed by atoms with Crippen LogP contribution in [0.4, 0.5) is 9.18 Å². The molecule has 34 heavy (non-hydrogen) atoms. The van der Waals surface area contributed by atoms with Crippen LogP contribution in [0.5, 0.6) is 0 Å². The molecule has 2 aromatic heterocycles. The lowest BCUT2D eigenvalue weighted by molar-refractivity contribution is -0.133. The largest absolute Gasteiger partial charge is 0.450 e. The van der Waals surface area contributed by atoms with Crippen molar-refractivity contribution in [3.63, 3.8) is 0 Å². The van der Waals surface area contributed by atoms with Gasteiger partial charge in [-0.1, -0.05) is 13.8 Å². The van der Waals surface area contributed by atoms with Crippen LogP contribution >= 0.6 is 0 Å². The molecule has 3 heterocycles. The number of aromatic nitrogens is 4. The van der Waals surface area contributed by atoms with Crippen molar-refractivity contribution >= 4 is 22.9 Å². The van der Waals surface area contributed by atoms with Crippen LogP contribution in [0.2, 0.25) is 0 Å². The molecular weight excluding hydrogens is 443 g/mol. The van der Waals surface area contributed by atoms with Crippen LogP contribution in [0.25, 0.3) is 16.6 Å². The molecule has 0 unspecified atom stereocenters. The van der Waals surface area contributed by atoms with Crippen molar-refractivity contribution in [1.29, 1.82) is 0 Å². The highest BCUT2D eigenvalue weighted by Crippen LogP contribution is 2.23. The molecule has 1 aliphatic rings. The average molecular weight is 471 g/mol. The van der Waals surface area contributed by atoms with Crippen LogP contribution in [0.3, 0.4) is 0 Å². The molecule has 0 aliphatic carbocycles. The fourth-order valence-corrected chi connectivity index (χ4v) is 3.99. The van der Waals surface area contributed by atoms with Crippen molar-refractivity contribution in [3.8, 4) is 5.69 Å². The normalized spacial score (nSPS) is 14.1. The van der Waals surface area contributed by atoms with Crippen LogP contribution in [-0.4, -0.2) is 74.1 Å². The molecule has 2 amide bonds. The quantitative estimate of drug-likeness (QED) is 0.566. The van der Waals surface area contributed by atoms with Crippen LogP contribution in [0.1, 0.15) is 32.4 Å². The van der Waals surface area contributed by atoms with E-state index < -0.39 is 17.5 Å². The fourth-order valence-electron chi connectivity index (χ4n) is 3.99. The minimum absolute atomic E-state index is 0.0246. The van der Waals surface area contributed by atoms with Gasteiger partial charge in [0.05, 0.1) is 24.2 Å². The summed E-state index contributed by atoms with van der Waals surface area (Å²) in [6.45, 7) is 7.11. The van der Waals surface area contributed by atoms with E-state index in [1.165, 1.54) is 33.6 Å². The fraction of sp³-hybridized carbons (Fsp3) is 0.435. The summed E-state index contributed by atoms with van der Waals surface area (Å²) in [5, 5.41) is 9.42. The first-order chi connectivity index (χ1) is 16.3. The number of hydrogen-bond donors (Lipinski definition) is 0. The Morgan fingerprint density at radius 1 is 1.09 bits per heavy atom. The second-order valence-corrected chi connectivity index (χ2v) is 8.36. The molecule has 0 saturated carbocycles. The molecule has 1 saturated heterocycles. The van der Waals surface area contributed by atoms with Gasteiger partial charge in [0.1, 0.15) is 17.9 Å². The summed E-state index contributed by atoms with van der Waals surface area (Å²) in [6.07, 6.45) is 1.18. The van der Waals surface area contributed by atoms with Gasteiger partial charge in [0.15, 0.2) is 0 Å². The Morgan fingerprint density at radius 2 is 1.74 bits per heavy atom. The molecule has 0 atom stereocenters. The lowest BCUT2D eigenvalue weighted by Crippen LogP contribution is -2.51. The van der Waals surface area contributed by atoms with Gasteiger partial charge in [0, 0.05) is 31.6 Å². The lowest BCUT2D eigenvalue weighted by Gasteiger charge is -2.34. The van der Waals surface area contributed by atoms with E-state index in [1.807, 2.05) is 13.8 Å². The Kier molecular flexibility index (Phi) is 6.62. The summed E-state index contributed by atoms with van der Waals surface area (Å²) in [4.78, 5) is 41.4. The summed E-state index contributed by atoms with van der Waals surface area (Å²) in [5.74, 6) is -0.681. The lowest BCUT2D eigenvalue weighted by atomic mass is 10.1. The highest BCUT2D eigenvalue weighted by atomic mass is 19.1. The number of piperazine rings is 1. The van der Waals surface area contributed by atoms with Crippen molar-refractivity contribution in [2.45, 2.75) is 33.2 Å². The van der Waals surface area contributed by atoms with Gasteiger partial charge in [-0.25, -0.2) is 18.5 Å². The number of ether oxygens (including phenoxy) is 1. The molecule has 3 aromatic rings. The number of hydrogen-bond acceptors (Lipinski definition) is 6. The first kappa shape index (κ1) is 23.4. The number of carbonyl (C=O) groups excluding carboxylic acids is 2. The first-order valence-electron chi connectivity index (χ1n) is 11.2. The first-order valence-corrected chi connectivity index (χ1v) is 11.2. The van der Waals surface area contributed by atoms with E-state index in [0.717, 1.165) is 0 Å². The van der Waals surface area contributed by atoms with Crippen molar-refractivity contribution in [1.82, 2.24) is 29.4 Å². The second kappa shape index (κ2) is 9.62. The van der Waals surface area contributed by atoms with Gasteiger partial charge < -0.3 is 14.5 Å². The van der Waals surface area contributed by atoms with Crippen LogP contribution in [-0.2, 0) is 16.1 Å². The third kappa shape index (κ3) is 4.50. The Bertz CT molecular complexity index is 1260. The average Bonchev–Trinajstić information content (AvgIpc) is 3.27. The van der Waals surface area contributed by atoms with Crippen molar-refractivity contribution in [3.05, 3.63) is 52.3 Å². The summed E-state index contributed by atoms with van der Waals surface area (Å²) < 4.78 is 21.0. The SMILES string of the molecule is CCOC(=O)N1CCN(C(=O)Cn2nc(C(C)C)c3cnn(-c4ccc(F)cc4)c3c2=O)CC1. The monoisotopic (exact) mass is 470 g/mol. The Hall–Kier alpha value is -3.76. The van der Waals surface area contributed by atoms with E-state index in [2.05, 4.69) is 10.2 Å². The maximum atomic E-state index is 13.4. The maximum Gasteiger partial charge on any atom is 0.409 e. The van der Waals surface area contributed by atoms with Gasteiger partial charge in [0.25, 0.3) is 5.56 Å². The smallest absolute Gasteiger partial charge is 0.409 e. The molecule has 0 N–H and O–H groups in total. The molecule has 4 rings (SSSR count). The minimum atomic E-state index is -0.459. The van der Waals surface area contributed by atoms with Gasteiger partial charge in [-0.3, -0.25) is 9.59 Å². The van der Waals surface area contributed by atoms with Gasteiger partial charge in [-0.2, -0.15) is 10.2 Å². The van der Waals surface area contributed by atoms with E-state index in [9.17, 15) is 18.8 Å². The van der Waals surface area contributed by atoms with E-state index in [4.69, 9.17) is 4.74 Å². The summed E-state index contributed by atoms with van der Waals surface area (Å²) in [7, 11) is 0. The Labute approximate surface area is 195 Å². The van der Waals surface area contributed by atoms with Gasteiger partial charge in [0.2, 0.25) is 5.91 Å². The predicted molar refractivity (Wildman–Crippen MR) is 122 cm³/mol. The van der Waals surface area contributed by atoms with Crippen LogP contribution in [0.15, 0.2) is 35.3 Å². The summed E-state index contributed by atoms with van der Waals surface area (Å²) >= 11 is 0. The number of halogens is 1. The molecule has 11 heteroatoms. The molecule has 0 bridgehead atoms. The van der Waals surface area contributed by atoms with E-state index in [-0.39, 0.29) is 23.9 Å². The Morgan fingerprint density at radius 3 is 2.35 bits per heavy atom. The van der Waals surface area contributed by atoms with E-state index in [0.29, 0.717) is 49.6 Å². The predicted octanol–water partition coefficient (Wildman–Crippen LogP) is 2.15. The number of rotatable bonds is 5. The zero-order valence-electron chi connectivity index (χ0n) is 19.4. The molecular formula is C23H27FN6O4. The van der Waals surface area contributed by atoms with E-state index >= 15 is 0 Å². The van der Waals surface area contributed by atoms with E-state index in [1.54, 1.807) is 22.9 Å². The highest BCUT2D eigenvalue weighted by Gasteiger charge is 2.26. The number of carbonyl (C=O) groups is 2. The van der Waals surface area contributed by atoms with Crippen molar-refractivity contribution in [2.24, 2.45) is 0 Å². The zero-order chi connectivity index (χ0) is 24.4. The minimum Gasteiger partial charge on any atom is -0.450 e. The van der Waals surface area contributed by atoms with Crippen LogP contribution < -0.4 is 5.56 Å². The van der Waals surface area contributed by atoms with Crippen molar-refractivity contribution in [2.75, 3.05) is 32.8 Å². The Balaban J connectivity index is 1.63. The standard InChI is InChI=1S/C23H27FN6O4/c1-4-34-23(33)28-11-9-27(10-12-28)19(31)14-29-22(32)21-18(20(26-29)15(2)3)13-25-30(21)17-7-5-16(24)6-8-17/h5-8,13,15H,4,9-12,14H2,1-3H3. The van der Waals surface area contributed by atoms with Gasteiger partial charge in [-0.15, -0.1) is 0 Å². The molecule has 0 radical (unpaired) electrons. The maximum absolute atomic E-state index is 13.4. The van der Waals surface area contributed by atoms with Gasteiger partial charge >= 0.3 is 6.09 Å². The highest BCUT2D eigenvalue weighted by molar-refractivity contribution is 5.82. The third-order valence-electron chi connectivity index (χ3n) is 5.77. The summed E-state index contributed by atoms with van der Waals surface area (Å²) in [6, 6.07) is 5.67. The number of amides is 2. The topological polar surface area (TPSA) is 103 Å². The van der Waals surface area contributed by atoms with Crippen molar-refractivity contribution < 1.29 is 18.7 Å². The number of nitrogens with zero attached hydrogens (tertiary/aromatic N) is 6. The molecule has 10 nitrogen and oxygen atoms in total. The zero-order valence-corrected chi connectivity index (χ0v) is 19.4. The molecule has 1 fully saturated rings. The number of fused-ring (bicyclic) bond motifs is 1. The molecule has 1 aromatic carbocycles. The molecule has 0 spiro atoms. The second-order valence-electron chi connectivity index (χ2n) is 8.36. The molecule has 180 valence electrons. The third-order valence-corrected chi connectivity index (χ3v) is 5.77. The molecule has 1 aliphatic heterocycles. The van der Waals surface area contributed by atoms with Crippen LogP contribution in [0, 0.1) is 5.82 Å².